The maximum Gasteiger partial charge on any atom is 0.127 e. The summed E-state index contributed by atoms with van der Waals surface area (Å²) in [6, 6.07) is 12.7. The van der Waals surface area contributed by atoms with Crippen molar-refractivity contribution in [2.45, 2.75) is 45.1 Å². The minimum absolute atomic E-state index is 0.143. The SMILES string of the molecule is Cc1ccc([C@@H]2Oc3cc(C)c(O)cc3[C@H]3CCC[C@H]32)cc1. The minimum atomic E-state index is 0.143. The molecular formula is C20H22O2. The first-order chi connectivity index (χ1) is 10.6. The smallest absolute Gasteiger partial charge is 0.127 e. The Morgan fingerprint density at radius 1 is 1.05 bits per heavy atom. The minimum Gasteiger partial charge on any atom is -0.508 e. The van der Waals surface area contributed by atoms with Gasteiger partial charge in [0.2, 0.25) is 0 Å². The van der Waals surface area contributed by atoms with Gasteiger partial charge in [0.1, 0.15) is 17.6 Å². The summed E-state index contributed by atoms with van der Waals surface area (Å²) >= 11 is 0. The summed E-state index contributed by atoms with van der Waals surface area (Å²) in [6.07, 6.45) is 3.79. The molecule has 2 heteroatoms. The summed E-state index contributed by atoms with van der Waals surface area (Å²) in [5.74, 6) is 2.39. The average Bonchev–Trinajstić information content (AvgIpc) is 2.99. The molecule has 1 fully saturated rings. The van der Waals surface area contributed by atoms with Gasteiger partial charge in [-0.05, 0) is 55.9 Å². The highest BCUT2D eigenvalue weighted by Gasteiger charge is 2.42. The molecule has 3 atom stereocenters. The third-order valence-corrected chi connectivity index (χ3v) is 5.35. The highest BCUT2D eigenvalue weighted by atomic mass is 16.5. The molecular weight excluding hydrogens is 272 g/mol. The van der Waals surface area contributed by atoms with Crippen molar-refractivity contribution < 1.29 is 9.84 Å². The average molecular weight is 294 g/mol. The number of hydrogen-bond donors (Lipinski definition) is 1. The molecule has 1 aliphatic carbocycles. The number of aryl methyl sites for hydroxylation is 2. The van der Waals surface area contributed by atoms with Crippen molar-refractivity contribution in [2.75, 3.05) is 0 Å². The molecule has 0 aromatic heterocycles. The van der Waals surface area contributed by atoms with E-state index in [9.17, 15) is 5.11 Å². The van der Waals surface area contributed by atoms with E-state index in [2.05, 4.69) is 31.2 Å². The normalized spacial score (nSPS) is 26.2. The van der Waals surface area contributed by atoms with Crippen molar-refractivity contribution in [2.24, 2.45) is 5.92 Å². The van der Waals surface area contributed by atoms with Crippen LogP contribution in [0.3, 0.4) is 0 Å². The van der Waals surface area contributed by atoms with Gasteiger partial charge in [0.15, 0.2) is 0 Å². The molecule has 4 rings (SSSR count). The van der Waals surface area contributed by atoms with Crippen molar-refractivity contribution in [3.63, 3.8) is 0 Å². The lowest BCUT2D eigenvalue weighted by Crippen LogP contribution is -2.26. The predicted octanol–water partition coefficient (Wildman–Crippen LogP) is 5.03. The van der Waals surface area contributed by atoms with Gasteiger partial charge in [0.25, 0.3) is 0 Å². The molecule has 22 heavy (non-hydrogen) atoms. The van der Waals surface area contributed by atoms with Gasteiger partial charge in [-0.15, -0.1) is 0 Å². The van der Waals surface area contributed by atoms with Crippen LogP contribution >= 0.6 is 0 Å². The molecule has 0 unspecified atom stereocenters. The zero-order valence-electron chi connectivity index (χ0n) is 13.2. The predicted molar refractivity (Wildman–Crippen MR) is 87.5 cm³/mol. The Bertz CT molecular complexity index is 702. The molecule has 0 bridgehead atoms. The van der Waals surface area contributed by atoms with Crippen LogP contribution in [0.1, 0.15) is 53.5 Å². The number of phenols is 1. The van der Waals surface area contributed by atoms with E-state index in [1.807, 2.05) is 19.1 Å². The summed E-state index contributed by atoms with van der Waals surface area (Å²) in [5.41, 5.74) is 4.65. The van der Waals surface area contributed by atoms with Gasteiger partial charge in [-0.2, -0.15) is 0 Å². The fourth-order valence-corrected chi connectivity index (χ4v) is 4.11. The van der Waals surface area contributed by atoms with Crippen LogP contribution in [0.2, 0.25) is 0 Å². The van der Waals surface area contributed by atoms with Crippen molar-refractivity contribution in [1.29, 1.82) is 0 Å². The van der Waals surface area contributed by atoms with Gasteiger partial charge >= 0.3 is 0 Å². The molecule has 1 heterocycles. The summed E-state index contributed by atoms with van der Waals surface area (Å²) in [4.78, 5) is 0. The zero-order valence-corrected chi connectivity index (χ0v) is 13.2. The van der Waals surface area contributed by atoms with Gasteiger partial charge in [-0.1, -0.05) is 36.2 Å². The fraction of sp³-hybridized carbons (Fsp3) is 0.400. The van der Waals surface area contributed by atoms with Gasteiger partial charge in [0, 0.05) is 11.5 Å². The van der Waals surface area contributed by atoms with Gasteiger partial charge < -0.3 is 9.84 Å². The quantitative estimate of drug-likeness (QED) is 0.799. The number of ether oxygens (including phenoxy) is 1. The molecule has 1 N–H and O–H groups in total. The molecule has 2 aromatic rings. The van der Waals surface area contributed by atoms with Crippen LogP contribution in [0.25, 0.3) is 0 Å². The highest BCUT2D eigenvalue weighted by molar-refractivity contribution is 5.49. The monoisotopic (exact) mass is 294 g/mol. The Hall–Kier alpha value is -1.96. The molecule has 2 aliphatic rings. The molecule has 1 aliphatic heterocycles. The van der Waals surface area contributed by atoms with Crippen LogP contribution in [0.4, 0.5) is 0 Å². The molecule has 2 nitrogen and oxygen atoms in total. The standard InChI is InChI=1S/C20H22O2/c1-12-6-8-14(9-7-12)20-16-5-3-4-15(16)17-11-18(21)13(2)10-19(17)22-20/h6-11,15-16,20-21H,3-5H2,1-2H3/t15-,16+,20-/m0/s1. The third kappa shape index (κ3) is 2.09. The van der Waals surface area contributed by atoms with Crippen LogP contribution in [0.15, 0.2) is 36.4 Å². The zero-order chi connectivity index (χ0) is 15.3. The van der Waals surface area contributed by atoms with E-state index in [0.717, 1.165) is 11.3 Å². The lowest BCUT2D eigenvalue weighted by molar-refractivity contribution is 0.104. The second-order valence-corrected chi connectivity index (χ2v) is 6.83. The number of hydrogen-bond acceptors (Lipinski definition) is 2. The molecule has 2 aromatic carbocycles. The maximum atomic E-state index is 10.1. The summed E-state index contributed by atoms with van der Waals surface area (Å²) in [6.45, 7) is 4.05. The number of rotatable bonds is 1. The first-order valence-electron chi connectivity index (χ1n) is 8.20. The molecule has 0 spiro atoms. The third-order valence-electron chi connectivity index (χ3n) is 5.35. The van der Waals surface area contributed by atoms with Crippen molar-refractivity contribution in [3.8, 4) is 11.5 Å². The van der Waals surface area contributed by atoms with Crippen molar-refractivity contribution in [3.05, 3.63) is 58.7 Å². The second-order valence-electron chi connectivity index (χ2n) is 6.83. The Morgan fingerprint density at radius 2 is 1.82 bits per heavy atom. The molecule has 0 radical (unpaired) electrons. The van der Waals surface area contributed by atoms with Crippen molar-refractivity contribution in [1.82, 2.24) is 0 Å². The van der Waals surface area contributed by atoms with E-state index in [-0.39, 0.29) is 6.10 Å². The summed E-state index contributed by atoms with van der Waals surface area (Å²) in [7, 11) is 0. The van der Waals surface area contributed by atoms with E-state index in [1.54, 1.807) is 0 Å². The van der Waals surface area contributed by atoms with E-state index < -0.39 is 0 Å². The number of phenolic OH excluding ortho intramolecular Hbond substituents is 1. The van der Waals surface area contributed by atoms with Crippen LogP contribution < -0.4 is 4.74 Å². The largest absolute Gasteiger partial charge is 0.508 e. The van der Waals surface area contributed by atoms with Gasteiger partial charge in [-0.3, -0.25) is 0 Å². The molecule has 114 valence electrons. The van der Waals surface area contributed by atoms with Crippen LogP contribution in [-0.2, 0) is 0 Å². The highest BCUT2D eigenvalue weighted by Crippen LogP contribution is 2.54. The lowest BCUT2D eigenvalue weighted by atomic mass is 9.79. The second kappa shape index (κ2) is 5.05. The first kappa shape index (κ1) is 13.7. The Kier molecular flexibility index (Phi) is 3.14. The maximum absolute atomic E-state index is 10.1. The summed E-state index contributed by atoms with van der Waals surface area (Å²) in [5, 5.41) is 10.1. The van der Waals surface area contributed by atoms with Crippen molar-refractivity contribution >= 4 is 0 Å². The van der Waals surface area contributed by atoms with Crippen LogP contribution in [-0.4, -0.2) is 5.11 Å². The van der Waals surface area contributed by atoms with Gasteiger partial charge in [-0.25, -0.2) is 0 Å². The molecule has 0 saturated heterocycles. The molecule has 0 amide bonds. The Balaban J connectivity index is 1.79. The van der Waals surface area contributed by atoms with Gasteiger partial charge in [0.05, 0.1) is 0 Å². The fourth-order valence-electron chi connectivity index (χ4n) is 4.11. The molecule has 1 saturated carbocycles. The number of fused-ring (bicyclic) bond motifs is 3. The van der Waals surface area contributed by atoms with E-state index in [4.69, 9.17) is 4.74 Å². The Labute approximate surface area is 131 Å². The number of aromatic hydroxyl groups is 1. The lowest BCUT2D eigenvalue weighted by Gasteiger charge is -2.36. The first-order valence-corrected chi connectivity index (χ1v) is 8.20. The van der Waals surface area contributed by atoms with Crippen LogP contribution in [0.5, 0.6) is 11.5 Å². The van der Waals surface area contributed by atoms with E-state index >= 15 is 0 Å². The van der Waals surface area contributed by atoms with E-state index in [1.165, 1.54) is 36.0 Å². The Morgan fingerprint density at radius 3 is 2.59 bits per heavy atom. The topological polar surface area (TPSA) is 29.5 Å². The number of benzene rings is 2. The van der Waals surface area contributed by atoms with Crippen LogP contribution in [0, 0.1) is 19.8 Å². The summed E-state index contributed by atoms with van der Waals surface area (Å²) < 4.78 is 6.40. The van der Waals surface area contributed by atoms with E-state index in [0.29, 0.717) is 17.6 Å².